The zero-order chi connectivity index (χ0) is 15.2. The SMILES string of the molecule is C.C.CCCC[Si](C)(C)O[Si](C)(C)O[Si](C)(C)CCCC. The molecule has 132 valence electrons. The summed E-state index contributed by atoms with van der Waals surface area (Å²) in [5, 5.41) is 0. The molecule has 0 amide bonds. The Labute approximate surface area is 139 Å². The highest BCUT2D eigenvalue weighted by atomic mass is 28.5. The summed E-state index contributed by atoms with van der Waals surface area (Å²) >= 11 is 0. The highest BCUT2D eigenvalue weighted by Crippen LogP contribution is 2.26. The molecule has 0 aliphatic carbocycles. The predicted octanol–water partition coefficient (Wildman–Crippen LogP) is 7.00. The molecule has 0 atom stereocenters. The summed E-state index contributed by atoms with van der Waals surface area (Å²) in [5.74, 6) is 0. The summed E-state index contributed by atoms with van der Waals surface area (Å²) in [7, 11) is -5.01. The first-order valence-electron chi connectivity index (χ1n) is 7.94. The van der Waals surface area contributed by atoms with E-state index in [4.69, 9.17) is 8.23 Å². The van der Waals surface area contributed by atoms with E-state index in [2.05, 4.69) is 53.1 Å². The molecule has 0 heterocycles. The lowest BCUT2D eigenvalue weighted by atomic mass is 10.4. The van der Waals surface area contributed by atoms with Crippen molar-refractivity contribution in [3.8, 4) is 0 Å². The second-order valence-corrected chi connectivity index (χ2v) is 19.8. The van der Waals surface area contributed by atoms with Gasteiger partial charge < -0.3 is 8.23 Å². The molecule has 0 aliphatic rings. The van der Waals surface area contributed by atoms with E-state index in [9.17, 15) is 0 Å². The molecule has 0 aromatic rings. The molecule has 0 aromatic carbocycles. The molecule has 0 saturated heterocycles. The van der Waals surface area contributed by atoms with Crippen LogP contribution in [0.1, 0.15) is 54.4 Å². The lowest BCUT2D eigenvalue weighted by molar-refractivity contribution is 0.386. The van der Waals surface area contributed by atoms with Crippen LogP contribution in [0.4, 0.5) is 0 Å². The first kappa shape index (κ1) is 26.5. The molecule has 21 heavy (non-hydrogen) atoms. The molecule has 0 bridgehead atoms. The van der Waals surface area contributed by atoms with Crippen molar-refractivity contribution in [3.05, 3.63) is 0 Å². The summed E-state index contributed by atoms with van der Waals surface area (Å²) in [4.78, 5) is 0. The van der Waals surface area contributed by atoms with Gasteiger partial charge in [0.1, 0.15) is 0 Å². The Morgan fingerprint density at radius 3 is 1.14 bits per heavy atom. The van der Waals surface area contributed by atoms with Gasteiger partial charge in [0, 0.05) is 0 Å². The van der Waals surface area contributed by atoms with Crippen LogP contribution >= 0.6 is 0 Å². The third-order valence-electron chi connectivity index (χ3n) is 3.31. The fraction of sp³-hybridized carbons (Fsp3) is 1.00. The standard InChI is InChI=1S/C14H36O2Si3.2CH4/c1-9-11-13-17(3,4)15-19(7,8)16-18(5,6)14-12-10-2;;/h9-14H2,1-8H3;2*1H4. The monoisotopic (exact) mass is 352 g/mol. The van der Waals surface area contributed by atoms with E-state index in [-0.39, 0.29) is 14.9 Å². The van der Waals surface area contributed by atoms with E-state index >= 15 is 0 Å². The van der Waals surface area contributed by atoms with Gasteiger partial charge in [-0.05, 0) is 51.4 Å². The number of hydrogen-bond acceptors (Lipinski definition) is 2. The highest BCUT2D eigenvalue weighted by molar-refractivity contribution is 6.87. The van der Waals surface area contributed by atoms with Gasteiger partial charge in [-0.25, -0.2) is 0 Å². The smallest absolute Gasteiger partial charge is 0.311 e. The maximum absolute atomic E-state index is 6.53. The van der Waals surface area contributed by atoms with Gasteiger partial charge in [0.15, 0.2) is 16.6 Å². The molecule has 0 aliphatic heterocycles. The molecular formula is C16H44O2Si3. The zero-order valence-electron chi connectivity index (χ0n) is 14.6. The molecule has 0 radical (unpaired) electrons. The second-order valence-electron chi connectivity index (χ2n) is 7.33. The van der Waals surface area contributed by atoms with Gasteiger partial charge in [-0.1, -0.05) is 54.4 Å². The topological polar surface area (TPSA) is 18.5 Å². The van der Waals surface area contributed by atoms with Crippen molar-refractivity contribution < 1.29 is 8.23 Å². The van der Waals surface area contributed by atoms with Crippen molar-refractivity contribution in [1.29, 1.82) is 0 Å². The van der Waals surface area contributed by atoms with Crippen LogP contribution < -0.4 is 0 Å². The summed E-state index contributed by atoms with van der Waals surface area (Å²) in [6.45, 7) is 18.4. The molecule has 0 spiro atoms. The van der Waals surface area contributed by atoms with Crippen LogP contribution in [0.25, 0.3) is 0 Å². The number of unbranched alkanes of at least 4 members (excludes halogenated alkanes) is 2. The summed E-state index contributed by atoms with van der Waals surface area (Å²) in [5.41, 5.74) is 0. The Balaban J connectivity index is -0.00000162. The van der Waals surface area contributed by atoms with Gasteiger partial charge in [0.2, 0.25) is 0 Å². The Hall–Kier alpha value is 0.571. The first-order chi connectivity index (χ1) is 8.54. The minimum absolute atomic E-state index is 0. The second kappa shape index (κ2) is 11.2. The summed E-state index contributed by atoms with van der Waals surface area (Å²) < 4.78 is 13.1. The molecule has 0 saturated carbocycles. The number of hydrogen-bond donors (Lipinski definition) is 0. The maximum Gasteiger partial charge on any atom is 0.311 e. The zero-order valence-corrected chi connectivity index (χ0v) is 17.6. The van der Waals surface area contributed by atoms with Crippen LogP contribution in [0.3, 0.4) is 0 Å². The molecule has 0 aromatic heterocycles. The van der Waals surface area contributed by atoms with Crippen LogP contribution in [0, 0.1) is 0 Å². The van der Waals surface area contributed by atoms with Gasteiger partial charge in [-0.3, -0.25) is 0 Å². The van der Waals surface area contributed by atoms with Crippen molar-refractivity contribution in [2.75, 3.05) is 0 Å². The van der Waals surface area contributed by atoms with Crippen LogP contribution in [-0.2, 0) is 8.23 Å². The highest BCUT2D eigenvalue weighted by Gasteiger charge is 2.38. The molecule has 0 rings (SSSR count). The van der Waals surface area contributed by atoms with Crippen LogP contribution in [0.5, 0.6) is 0 Å². The summed E-state index contributed by atoms with van der Waals surface area (Å²) in [6, 6.07) is 2.53. The average Bonchev–Trinajstić information content (AvgIpc) is 2.20. The Bertz CT molecular complexity index is 230. The molecule has 0 unspecified atom stereocenters. The predicted molar refractivity (Wildman–Crippen MR) is 108 cm³/mol. The lowest BCUT2D eigenvalue weighted by Crippen LogP contribution is -2.52. The Morgan fingerprint density at radius 2 is 0.905 bits per heavy atom. The largest absolute Gasteiger partial charge is 0.437 e. The average molecular weight is 353 g/mol. The van der Waals surface area contributed by atoms with Crippen molar-refractivity contribution in [3.63, 3.8) is 0 Å². The van der Waals surface area contributed by atoms with Gasteiger partial charge >= 0.3 is 8.56 Å². The quantitative estimate of drug-likeness (QED) is 0.394. The fourth-order valence-electron chi connectivity index (χ4n) is 2.66. The van der Waals surface area contributed by atoms with E-state index in [1.165, 1.54) is 37.8 Å². The van der Waals surface area contributed by atoms with Gasteiger partial charge in [0.25, 0.3) is 0 Å². The van der Waals surface area contributed by atoms with E-state index in [1.807, 2.05) is 0 Å². The van der Waals surface area contributed by atoms with E-state index < -0.39 is 25.2 Å². The molecule has 2 nitrogen and oxygen atoms in total. The van der Waals surface area contributed by atoms with E-state index in [0.717, 1.165) is 0 Å². The fourth-order valence-corrected chi connectivity index (χ4v) is 17.1. The van der Waals surface area contributed by atoms with Crippen LogP contribution in [0.15, 0.2) is 0 Å². The van der Waals surface area contributed by atoms with Crippen molar-refractivity contribution in [1.82, 2.24) is 0 Å². The van der Waals surface area contributed by atoms with E-state index in [1.54, 1.807) is 0 Å². The Kier molecular flexibility index (Phi) is 14.1. The summed E-state index contributed by atoms with van der Waals surface area (Å²) in [6.07, 6.45) is 5.11. The molecule has 5 heteroatoms. The first-order valence-corrected chi connectivity index (χ1v) is 17.0. The van der Waals surface area contributed by atoms with Crippen molar-refractivity contribution in [2.45, 2.75) is 106 Å². The minimum Gasteiger partial charge on any atom is -0.437 e. The maximum atomic E-state index is 6.53. The van der Waals surface area contributed by atoms with Gasteiger partial charge in [-0.15, -0.1) is 0 Å². The van der Waals surface area contributed by atoms with E-state index in [0.29, 0.717) is 0 Å². The third-order valence-corrected chi connectivity index (χ3v) is 14.8. The number of rotatable bonds is 10. The minimum atomic E-state index is -1.95. The third kappa shape index (κ3) is 13.9. The molecule has 0 N–H and O–H groups in total. The normalized spacial score (nSPS) is 12.6. The van der Waals surface area contributed by atoms with Crippen LogP contribution in [0.2, 0.25) is 51.4 Å². The lowest BCUT2D eigenvalue weighted by Gasteiger charge is -2.38. The van der Waals surface area contributed by atoms with Crippen molar-refractivity contribution in [2.24, 2.45) is 0 Å². The molecular weight excluding hydrogens is 308 g/mol. The van der Waals surface area contributed by atoms with Gasteiger partial charge in [0.05, 0.1) is 0 Å². The van der Waals surface area contributed by atoms with Crippen LogP contribution in [-0.4, -0.2) is 25.2 Å². The van der Waals surface area contributed by atoms with Crippen molar-refractivity contribution >= 4 is 25.2 Å². The Morgan fingerprint density at radius 1 is 0.619 bits per heavy atom. The van der Waals surface area contributed by atoms with Gasteiger partial charge in [-0.2, -0.15) is 0 Å². The molecule has 0 fully saturated rings.